The van der Waals surface area contributed by atoms with Gasteiger partial charge in [0.25, 0.3) is 0 Å². The minimum atomic E-state index is 0.401. The van der Waals surface area contributed by atoms with Crippen molar-refractivity contribution in [3.8, 4) is 0 Å². The lowest BCUT2D eigenvalue weighted by molar-refractivity contribution is 0.192. The lowest BCUT2D eigenvalue weighted by atomic mass is 9.97. The fraction of sp³-hybridized carbons (Fsp3) is 0.375. The van der Waals surface area contributed by atoms with Gasteiger partial charge in [-0.2, -0.15) is 0 Å². The molecule has 114 valence electrons. The molecule has 0 aliphatic carbocycles. The summed E-state index contributed by atoms with van der Waals surface area (Å²) in [5.74, 6) is 1.25. The summed E-state index contributed by atoms with van der Waals surface area (Å²) in [5.41, 5.74) is 4.74. The van der Waals surface area contributed by atoms with Crippen LogP contribution in [0.25, 0.3) is 11.1 Å². The van der Waals surface area contributed by atoms with E-state index in [-0.39, 0.29) is 0 Å². The van der Waals surface area contributed by atoms with Crippen LogP contribution in [-0.2, 0) is 6.54 Å². The van der Waals surface area contributed by atoms with Gasteiger partial charge >= 0.3 is 0 Å². The zero-order chi connectivity index (χ0) is 14.9. The average Bonchev–Trinajstić information content (AvgIpc) is 3.17. The SMILES string of the molecule is Clc1ccc2oc(C3CCN(Cc4cscn4)CC3)nc2c1. The molecule has 0 unspecified atom stereocenters. The van der Waals surface area contributed by atoms with Gasteiger partial charge in [0.15, 0.2) is 11.5 Å². The molecule has 0 amide bonds. The van der Waals surface area contributed by atoms with Crippen molar-refractivity contribution < 1.29 is 4.42 Å². The number of rotatable bonds is 3. The summed E-state index contributed by atoms with van der Waals surface area (Å²) in [6, 6.07) is 5.60. The van der Waals surface area contributed by atoms with Crippen LogP contribution in [0.15, 0.2) is 33.5 Å². The largest absolute Gasteiger partial charge is 0.440 e. The maximum Gasteiger partial charge on any atom is 0.198 e. The van der Waals surface area contributed by atoms with Gasteiger partial charge in [-0.15, -0.1) is 11.3 Å². The number of halogens is 1. The first-order chi connectivity index (χ1) is 10.8. The van der Waals surface area contributed by atoms with Crippen molar-refractivity contribution in [2.75, 3.05) is 13.1 Å². The van der Waals surface area contributed by atoms with E-state index in [1.54, 1.807) is 11.3 Å². The van der Waals surface area contributed by atoms with Crippen LogP contribution in [-0.4, -0.2) is 28.0 Å². The molecule has 3 heterocycles. The first kappa shape index (κ1) is 14.2. The summed E-state index contributed by atoms with van der Waals surface area (Å²) < 4.78 is 5.90. The lowest BCUT2D eigenvalue weighted by Gasteiger charge is -2.29. The van der Waals surface area contributed by atoms with Gasteiger partial charge in [-0.05, 0) is 44.1 Å². The summed E-state index contributed by atoms with van der Waals surface area (Å²) in [5, 5.41) is 2.82. The van der Waals surface area contributed by atoms with Gasteiger partial charge in [0.2, 0.25) is 0 Å². The Kier molecular flexibility index (Phi) is 3.86. The summed E-state index contributed by atoms with van der Waals surface area (Å²) in [7, 11) is 0. The molecule has 22 heavy (non-hydrogen) atoms. The number of fused-ring (bicyclic) bond motifs is 1. The Balaban J connectivity index is 1.43. The standard InChI is InChI=1S/C16H16ClN3OS/c17-12-1-2-15-14(7-12)19-16(21-15)11-3-5-20(6-4-11)8-13-9-22-10-18-13/h1-2,7,9-11H,3-6,8H2. The predicted molar refractivity (Wildman–Crippen MR) is 88.4 cm³/mol. The van der Waals surface area contributed by atoms with Crippen LogP contribution in [0.3, 0.4) is 0 Å². The zero-order valence-electron chi connectivity index (χ0n) is 12.0. The number of oxazole rings is 1. The lowest BCUT2D eigenvalue weighted by Crippen LogP contribution is -2.32. The molecule has 1 fully saturated rings. The Hall–Kier alpha value is -1.43. The number of nitrogens with zero attached hydrogens (tertiary/aromatic N) is 3. The van der Waals surface area contributed by atoms with E-state index in [0.717, 1.165) is 49.5 Å². The van der Waals surface area contributed by atoms with Gasteiger partial charge in [-0.25, -0.2) is 9.97 Å². The number of aromatic nitrogens is 2. The van der Waals surface area contributed by atoms with E-state index in [0.29, 0.717) is 10.9 Å². The van der Waals surface area contributed by atoms with E-state index >= 15 is 0 Å². The summed E-state index contributed by atoms with van der Waals surface area (Å²) in [6.45, 7) is 3.06. The normalized spacial score (nSPS) is 17.3. The van der Waals surface area contributed by atoms with Crippen molar-refractivity contribution in [3.63, 3.8) is 0 Å². The molecule has 4 nitrogen and oxygen atoms in total. The van der Waals surface area contributed by atoms with Gasteiger partial charge < -0.3 is 4.42 Å². The Bertz CT molecular complexity index is 763. The fourth-order valence-electron chi connectivity index (χ4n) is 2.98. The zero-order valence-corrected chi connectivity index (χ0v) is 13.6. The maximum atomic E-state index is 6.01. The van der Waals surface area contributed by atoms with Crippen molar-refractivity contribution in [3.05, 3.63) is 45.7 Å². The quantitative estimate of drug-likeness (QED) is 0.716. The minimum absolute atomic E-state index is 0.401. The number of likely N-dealkylation sites (tertiary alicyclic amines) is 1. The van der Waals surface area contributed by atoms with Gasteiger partial charge in [-0.1, -0.05) is 11.6 Å². The van der Waals surface area contributed by atoms with E-state index in [9.17, 15) is 0 Å². The molecular formula is C16H16ClN3OS. The highest BCUT2D eigenvalue weighted by Crippen LogP contribution is 2.31. The smallest absolute Gasteiger partial charge is 0.198 e. The van der Waals surface area contributed by atoms with Crippen LogP contribution in [0.2, 0.25) is 5.02 Å². The van der Waals surface area contributed by atoms with Crippen LogP contribution in [0, 0.1) is 0 Å². The molecule has 0 bridgehead atoms. The van der Waals surface area contributed by atoms with Crippen LogP contribution < -0.4 is 0 Å². The minimum Gasteiger partial charge on any atom is -0.440 e. The van der Waals surface area contributed by atoms with Crippen LogP contribution >= 0.6 is 22.9 Å². The number of benzene rings is 1. The second-order valence-electron chi connectivity index (χ2n) is 5.69. The van der Waals surface area contributed by atoms with Gasteiger partial charge in [0.05, 0.1) is 11.2 Å². The molecule has 0 N–H and O–H groups in total. The molecule has 0 spiro atoms. The molecule has 1 aliphatic rings. The Morgan fingerprint density at radius 3 is 2.95 bits per heavy atom. The second kappa shape index (κ2) is 5.99. The van der Waals surface area contributed by atoms with E-state index in [1.807, 2.05) is 23.7 Å². The number of piperidine rings is 1. The molecule has 0 atom stereocenters. The monoisotopic (exact) mass is 333 g/mol. The Labute approximate surface area is 137 Å². The van der Waals surface area contributed by atoms with Crippen LogP contribution in [0.5, 0.6) is 0 Å². The van der Waals surface area contributed by atoms with Crippen molar-refractivity contribution in [2.24, 2.45) is 0 Å². The fourth-order valence-corrected chi connectivity index (χ4v) is 3.69. The third-order valence-corrected chi connectivity index (χ3v) is 5.04. The van der Waals surface area contributed by atoms with E-state index in [2.05, 4.69) is 20.2 Å². The van der Waals surface area contributed by atoms with Crippen molar-refractivity contribution in [1.29, 1.82) is 0 Å². The summed E-state index contributed by atoms with van der Waals surface area (Å²) in [6.07, 6.45) is 2.15. The first-order valence-electron chi connectivity index (χ1n) is 7.43. The molecule has 0 radical (unpaired) electrons. The highest BCUT2D eigenvalue weighted by molar-refractivity contribution is 7.07. The van der Waals surface area contributed by atoms with Gasteiger partial charge in [0.1, 0.15) is 5.52 Å². The Morgan fingerprint density at radius 1 is 1.32 bits per heavy atom. The average molecular weight is 334 g/mol. The van der Waals surface area contributed by atoms with E-state index in [4.69, 9.17) is 16.0 Å². The molecule has 3 aromatic rings. The van der Waals surface area contributed by atoms with Crippen molar-refractivity contribution >= 4 is 34.0 Å². The summed E-state index contributed by atoms with van der Waals surface area (Å²) in [4.78, 5) is 11.4. The molecular weight excluding hydrogens is 318 g/mol. The summed E-state index contributed by atoms with van der Waals surface area (Å²) >= 11 is 7.66. The number of hydrogen-bond donors (Lipinski definition) is 0. The molecule has 0 saturated carbocycles. The third-order valence-electron chi connectivity index (χ3n) is 4.17. The topological polar surface area (TPSA) is 42.2 Å². The predicted octanol–water partition coefficient (Wildman–Crippen LogP) is 4.32. The highest BCUT2D eigenvalue weighted by atomic mass is 35.5. The third kappa shape index (κ3) is 2.89. The molecule has 2 aromatic heterocycles. The van der Waals surface area contributed by atoms with Gasteiger partial charge in [0, 0.05) is 22.9 Å². The molecule has 1 aliphatic heterocycles. The van der Waals surface area contributed by atoms with Gasteiger partial charge in [-0.3, -0.25) is 4.90 Å². The molecule has 4 rings (SSSR count). The van der Waals surface area contributed by atoms with E-state index < -0.39 is 0 Å². The van der Waals surface area contributed by atoms with Crippen molar-refractivity contribution in [2.45, 2.75) is 25.3 Å². The Morgan fingerprint density at radius 2 is 2.18 bits per heavy atom. The highest BCUT2D eigenvalue weighted by Gasteiger charge is 2.25. The number of thiazole rings is 1. The van der Waals surface area contributed by atoms with Crippen LogP contribution in [0.1, 0.15) is 30.3 Å². The molecule has 1 aromatic carbocycles. The van der Waals surface area contributed by atoms with Crippen LogP contribution in [0.4, 0.5) is 0 Å². The van der Waals surface area contributed by atoms with E-state index in [1.165, 1.54) is 5.69 Å². The van der Waals surface area contributed by atoms with Crippen molar-refractivity contribution in [1.82, 2.24) is 14.9 Å². The molecule has 6 heteroatoms. The molecule has 1 saturated heterocycles. The number of hydrogen-bond acceptors (Lipinski definition) is 5. The first-order valence-corrected chi connectivity index (χ1v) is 8.75. The maximum absolute atomic E-state index is 6.01. The second-order valence-corrected chi connectivity index (χ2v) is 6.85.